The number of amides is 1. The van der Waals surface area contributed by atoms with Crippen LogP contribution in [0.5, 0.6) is 0 Å². The number of hydrogen-bond donors (Lipinski definition) is 1. The molecule has 0 radical (unpaired) electrons. The Morgan fingerprint density at radius 3 is 2.50 bits per heavy atom. The van der Waals surface area contributed by atoms with Gasteiger partial charge < -0.3 is 15.4 Å². The summed E-state index contributed by atoms with van der Waals surface area (Å²) < 4.78 is 4.96. The first kappa shape index (κ1) is 13.0. The Morgan fingerprint density at radius 2 is 2.00 bits per heavy atom. The molecule has 1 aliphatic rings. The number of esters is 1. The molecule has 1 amide bonds. The van der Waals surface area contributed by atoms with Gasteiger partial charge in [-0.25, -0.2) is 0 Å². The van der Waals surface area contributed by atoms with E-state index in [0.29, 0.717) is 45.5 Å². The molecule has 5 nitrogen and oxygen atoms in total. The predicted molar refractivity (Wildman–Crippen MR) is 59.6 cm³/mol. The van der Waals surface area contributed by atoms with Gasteiger partial charge in [0, 0.05) is 26.1 Å². The largest absolute Gasteiger partial charge is 0.466 e. The van der Waals surface area contributed by atoms with Gasteiger partial charge in [-0.3, -0.25) is 9.59 Å². The molecule has 5 heteroatoms. The third-order valence-corrected chi connectivity index (χ3v) is 2.83. The molecule has 0 spiro atoms. The maximum absolute atomic E-state index is 11.5. The highest BCUT2D eigenvalue weighted by molar-refractivity contribution is 5.77. The molecule has 1 rings (SSSR count). The van der Waals surface area contributed by atoms with Crippen LogP contribution < -0.4 is 5.73 Å². The van der Waals surface area contributed by atoms with Crippen molar-refractivity contribution in [2.45, 2.75) is 26.2 Å². The number of nitrogens with zero attached hydrogens (tertiary/aromatic N) is 1. The van der Waals surface area contributed by atoms with Crippen LogP contribution in [0.4, 0.5) is 0 Å². The standard InChI is InChI=1S/C11H20N2O3/c1-2-16-11(15)9-4-7-13(8-5-9)10(14)3-6-12/h9H,2-8,12H2,1H3. The maximum atomic E-state index is 11.5. The van der Waals surface area contributed by atoms with Crippen LogP contribution in [0.1, 0.15) is 26.2 Å². The van der Waals surface area contributed by atoms with Gasteiger partial charge in [0.1, 0.15) is 0 Å². The third-order valence-electron chi connectivity index (χ3n) is 2.83. The number of nitrogens with two attached hydrogens (primary N) is 1. The monoisotopic (exact) mass is 228 g/mol. The summed E-state index contributed by atoms with van der Waals surface area (Å²) in [7, 11) is 0. The van der Waals surface area contributed by atoms with Crippen molar-refractivity contribution in [1.29, 1.82) is 0 Å². The number of likely N-dealkylation sites (tertiary alicyclic amines) is 1. The van der Waals surface area contributed by atoms with Crippen LogP contribution >= 0.6 is 0 Å². The number of carbonyl (C=O) groups excluding carboxylic acids is 2. The number of hydrogen-bond acceptors (Lipinski definition) is 4. The van der Waals surface area contributed by atoms with Gasteiger partial charge in [-0.15, -0.1) is 0 Å². The Balaban J connectivity index is 2.33. The molecule has 1 heterocycles. The highest BCUT2D eigenvalue weighted by atomic mass is 16.5. The molecule has 16 heavy (non-hydrogen) atoms. The summed E-state index contributed by atoms with van der Waals surface area (Å²) in [5.74, 6) is -0.0832. The van der Waals surface area contributed by atoms with Gasteiger partial charge in [-0.2, -0.15) is 0 Å². The highest BCUT2D eigenvalue weighted by Crippen LogP contribution is 2.19. The van der Waals surface area contributed by atoms with Crippen LogP contribution in [0.15, 0.2) is 0 Å². The van der Waals surface area contributed by atoms with Crippen LogP contribution in [0.25, 0.3) is 0 Å². The number of piperidine rings is 1. The molecule has 92 valence electrons. The zero-order chi connectivity index (χ0) is 12.0. The molecule has 0 aromatic carbocycles. The molecule has 1 fully saturated rings. The lowest BCUT2D eigenvalue weighted by atomic mass is 9.97. The van der Waals surface area contributed by atoms with Crippen LogP contribution in [0.2, 0.25) is 0 Å². The number of carbonyl (C=O) groups is 2. The Morgan fingerprint density at radius 1 is 1.38 bits per heavy atom. The second kappa shape index (κ2) is 6.48. The Labute approximate surface area is 95.9 Å². The topological polar surface area (TPSA) is 72.6 Å². The minimum absolute atomic E-state index is 0.0399. The summed E-state index contributed by atoms with van der Waals surface area (Å²) in [5, 5.41) is 0. The van der Waals surface area contributed by atoms with Crippen molar-refractivity contribution in [3.63, 3.8) is 0 Å². The SMILES string of the molecule is CCOC(=O)C1CCN(C(=O)CCN)CC1. The molecule has 0 saturated carbocycles. The fraction of sp³-hybridized carbons (Fsp3) is 0.818. The fourth-order valence-corrected chi connectivity index (χ4v) is 1.91. The van der Waals surface area contributed by atoms with Gasteiger partial charge in [0.2, 0.25) is 5.91 Å². The van der Waals surface area contributed by atoms with Gasteiger partial charge in [0.25, 0.3) is 0 Å². The minimum Gasteiger partial charge on any atom is -0.466 e. The van der Waals surface area contributed by atoms with E-state index in [1.807, 2.05) is 0 Å². The minimum atomic E-state index is -0.131. The molecule has 0 unspecified atom stereocenters. The molecule has 0 bridgehead atoms. The molecule has 1 saturated heterocycles. The summed E-state index contributed by atoms with van der Waals surface area (Å²) in [5.41, 5.74) is 5.33. The lowest BCUT2D eigenvalue weighted by molar-refractivity contribution is -0.151. The first-order valence-electron chi connectivity index (χ1n) is 5.83. The van der Waals surface area contributed by atoms with Crippen LogP contribution in [0, 0.1) is 5.92 Å². The van der Waals surface area contributed by atoms with E-state index in [2.05, 4.69) is 0 Å². The van der Waals surface area contributed by atoms with E-state index in [1.54, 1.807) is 11.8 Å². The summed E-state index contributed by atoms with van der Waals surface area (Å²) in [6.45, 7) is 3.89. The number of rotatable bonds is 4. The Kier molecular flexibility index (Phi) is 5.25. The van der Waals surface area contributed by atoms with Gasteiger partial charge in [0.05, 0.1) is 12.5 Å². The molecule has 1 aliphatic heterocycles. The molecule has 0 aromatic heterocycles. The normalized spacial score (nSPS) is 17.2. The lowest BCUT2D eigenvalue weighted by Gasteiger charge is -2.30. The molecule has 0 aliphatic carbocycles. The highest BCUT2D eigenvalue weighted by Gasteiger charge is 2.27. The summed E-state index contributed by atoms with van der Waals surface area (Å²) >= 11 is 0. The zero-order valence-corrected chi connectivity index (χ0v) is 9.78. The van der Waals surface area contributed by atoms with Crippen molar-refractivity contribution in [3.05, 3.63) is 0 Å². The van der Waals surface area contributed by atoms with Crippen molar-refractivity contribution < 1.29 is 14.3 Å². The second-order valence-electron chi connectivity index (χ2n) is 3.95. The van der Waals surface area contributed by atoms with Crippen LogP contribution in [-0.2, 0) is 14.3 Å². The summed E-state index contributed by atoms with van der Waals surface area (Å²) in [6, 6.07) is 0. The van der Waals surface area contributed by atoms with E-state index in [1.165, 1.54) is 0 Å². The second-order valence-corrected chi connectivity index (χ2v) is 3.95. The van der Waals surface area contributed by atoms with E-state index < -0.39 is 0 Å². The molecular formula is C11H20N2O3. The lowest BCUT2D eigenvalue weighted by Crippen LogP contribution is -2.41. The van der Waals surface area contributed by atoms with Crippen molar-refractivity contribution >= 4 is 11.9 Å². The zero-order valence-electron chi connectivity index (χ0n) is 9.78. The van der Waals surface area contributed by atoms with Crippen molar-refractivity contribution in [1.82, 2.24) is 4.90 Å². The average Bonchev–Trinajstić information content (AvgIpc) is 2.30. The van der Waals surface area contributed by atoms with E-state index >= 15 is 0 Å². The molecule has 2 N–H and O–H groups in total. The molecule has 0 aromatic rings. The van der Waals surface area contributed by atoms with Crippen LogP contribution in [0.3, 0.4) is 0 Å². The van der Waals surface area contributed by atoms with E-state index in [9.17, 15) is 9.59 Å². The molecular weight excluding hydrogens is 208 g/mol. The van der Waals surface area contributed by atoms with Gasteiger partial charge in [0.15, 0.2) is 0 Å². The van der Waals surface area contributed by atoms with Crippen molar-refractivity contribution in [3.8, 4) is 0 Å². The van der Waals surface area contributed by atoms with Crippen molar-refractivity contribution in [2.75, 3.05) is 26.2 Å². The first-order chi connectivity index (χ1) is 7.69. The quantitative estimate of drug-likeness (QED) is 0.694. The maximum Gasteiger partial charge on any atom is 0.309 e. The average molecular weight is 228 g/mol. The summed E-state index contributed by atoms with van der Waals surface area (Å²) in [6.07, 6.45) is 1.80. The van der Waals surface area contributed by atoms with Gasteiger partial charge in [-0.1, -0.05) is 0 Å². The fourth-order valence-electron chi connectivity index (χ4n) is 1.91. The Bertz CT molecular complexity index is 222. The van der Waals surface area contributed by atoms with E-state index in [4.69, 9.17) is 10.5 Å². The molecule has 0 atom stereocenters. The van der Waals surface area contributed by atoms with Crippen LogP contribution in [-0.4, -0.2) is 43.0 Å². The first-order valence-corrected chi connectivity index (χ1v) is 5.83. The van der Waals surface area contributed by atoms with Gasteiger partial charge >= 0.3 is 5.97 Å². The van der Waals surface area contributed by atoms with E-state index in [-0.39, 0.29) is 17.8 Å². The number of ether oxygens (including phenoxy) is 1. The summed E-state index contributed by atoms with van der Waals surface area (Å²) in [4.78, 5) is 24.8. The third kappa shape index (κ3) is 3.48. The smallest absolute Gasteiger partial charge is 0.309 e. The Hall–Kier alpha value is -1.10. The van der Waals surface area contributed by atoms with E-state index in [0.717, 1.165) is 0 Å². The van der Waals surface area contributed by atoms with Gasteiger partial charge in [-0.05, 0) is 19.8 Å². The predicted octanol–water partition coefficient (Wildman–Crippen LogP) is 0.137. The van der Waals surface area contributed by atoms with Crippen molar-refractivity contribution in [2.24, 2.45) is 11.7 Å².